The SMILES string of the molecule is CCCCC1CCN(C2CC2)CC1. The molecule has 1 aliphatic heterocycles. The lowest BCUT2D eigenvalue weighted by Gasteiger charge is -2.31. The van der Waals surface area contributed by atoms with E-state index in [1.807, 2.05) is 0 Å². The Labute approximate surface area is 82.5 Å². The summed E-state index contributed by atoms with van der Waals surface area (Å²) in [6.45, 7) is 5.11. The smallest absolute Gasteiger partial charge is 0.00964 e. The molecule has 1 heterocycles. The standard InChI is InChI=1S/C12H23N/c1-2-3-4-11-7-9-13(10-8-11)12-5-6-12/h11-12H,2-10H2,1H3. The van der Waals surface area contributed by atoms with E-state index in [0.717, 1.165) is 12.0 Å². The predicted molar refractivity (Wildman–Crippen MR) is 56.8 cm³/mol. The first-order valence-corrected chi connectivity index (χ1v) is 6.14. The third-order valence-corrected chi connectivity index (χ3v) is 3.68. The molecule has 0 bridgehead atoms. The van der Waals surface area contributed by atoms with E-state index in [1.165, 1.54) is 58.0 Å². The highest BCUT2D eigenvalue weighted by molar-refractivity contribution is 4.87. The number of nitrogens with zero attached hydrogens (tertiary/aromatic N) is 1. The fraction of sp³-hybridized carbons (Fsp3) is 1.00. The first kappa shape index (κ1) is 9.51. The molecule has 0 aromatic rings. The highest BCUT2D eigenvalue weighted by atomic mass is 15.2. The van der Waals surface area contributed by atoms with Gasteiger partial charge in [-0.2, -0.15) is 0 Å². The van der Waals surface area contributed by atoms with Crippen LogP contribution in [0, 0.1) is 5.92 Å². The van der Waals surface area contributed by atoms with Crippen molar-refractivity contribution in [3.8, 4) is 0 Å². The molecule has 0 aromatic heterocycles. The van der Waals surface area contributed by atoms with Crippen LogP contribution in [0.25, 0.3) is 0 Å². The summed E-state index contributed by atoms with van der Waals surface area (Å²) in [7, 11) is 0. The molecule has 0 radical (unpaired) electrons. The summed E-state index contributed by atoms with van der Waals surface area (Å²) in [5.74, 6) is 1.06. The molecule has 1 nitrogen and oxygen atoms in total. The third kappa shape index (κ3) is 2.70. The lowest BCUT2D eigenvalue weighted by atomic mass is 9.91. The number of unbranched alkanes of at least 4 members (excludes halogenated alkanes) is 1. The van der Waals surface area contributed by atoms with E-state index in [9.17, 15) is 0 Å². The molecule has 2 rings (SSSR count). The van der Waals surface area contributed by atoms with Gasteiger partial charge in [0, 0.05) is 6.04 Å². The summed E-state index contributed by atoms with van der Waals surface area (Å²) in [4.78, 5) is 2.72. The van der Waals surface area contributed by atoms with Crippen LogP contribution in [0.3, 0.4) is 0 Å². The average molecular weight is 181 g/mol. The summed E-state index contributed by atoms with van der Waals surface area (Å²) >= 11 is 0. The first-order valence-electron chi connectivity index (χ1n) is 6.14. The molecule has 0 amide bonds. The van der Waals surface area contributed by atoms with E-state index in [-0.39, 0.29) is 0 Å². The summed E-state index contributed by atoms with van der Waals surface area (Å²) in [5.41, 5.74) is 0. The van der Waals surface area contributed by atoms with Gasteiger partial charge in [0.05, 0.1) is 0 Å². The number of hydrogen-bond donors (Lipinski definition) is 0. The van der Waals surface area contributed by atoms with Crippen molar-refractivity contribution in [2.45, 2.75) is 57.9 Å². The first-order chi connectivity index (χ1) is 6.40. The van der Waals surface area contributed by atoms with Crippen LogP contribution < -0.4 is 0 Å². The van der Waals surface area contributed by atoms with Crippen LogP contribution in [0.2, 0.25) is 0 Å². The highest BCUT2D eigenvalue weighted by Crippen LogP contribution is 2.32. The molecule has 13 heavy (non-hydrogen) atoms. The van der Waals surface area contributed by atoms with Crippen LogP contribution in [0.5, 0.6) is 0 Å². The van der Waals surface area contributed by atoms with E-state index in [1.54, 1.807) is 0 Å². The summed E-state index contributed by atoms with van der Waals surface area (Å²) < 4.78 is 0. The van der Waals surface area contributed by atoms with E-state index in [4.69, 9.17) is 0 Å². The van der Waals surface area contributed by atoms with E-state index < -0.39 is 0 Å². The van der Waals surface area contributed by atoms with E-state index in [2.05, 4.69) is 11.8 Å². The molecule has 1 heteroatoms. The van der Waals surface area contributed by atoms with Gasteiger partial charge in [-0.25, -0.2) is 0 Å². The summed E-state index contributed by atoms with van der Waals surface area (Å²) in [6.07, 6.45) is 10.3. The predicted octanol–water partition coefficient (Wildman–Crippen LogP) is 3.05. The van der Waals surface area contributed by atoms with Crippen molar-refractivity contribution >= 4 is 0 Å². The van der Waals surface area contributed by atoms with Gasteiger partial charge in [-0.3, -0.25) is 0 Å². The van der Waals surface area contributed by atoms with Crippen LogP contribution in [0.1, 0.15) is 51.9 Å². The third-order valence-electron chi connectivity index (χ3n) is 3.68. The Kier molecular flexibility index (Phi) is 3.26. The van der Waals surface area contributed by atoms with Gasteiger partial charge in [-0.1, -0.05) is 26.2 Å². The molecule has 0 N–H and O–H groups in total. The van der Waals surface area contributed by atoms with Crippen molar-refractivity contribution < 1.29 is 0 Å². The molecule has 0 atom stereocenters. The molecular formula is C12H23N. The van der Waals surface area contributed by atoms with Crippen molar-refractivity contribution in [2.75, 3.05) is 13.1 Å². The molecule has 0 unspecified atom stereocenters. The van der Waals surface area contributed by atoms with Crippen LogP contribution in [-0.4, -0.2) is 24.0 Å². The average Bonchev–Trinajstić information content (AvgIpc) is 2.99. The second-order valence-electron chi connectivity index (χ2n) is 4.85. The Morgan fingerprint density at radius 1 is 1.08 bits per heavy atom. The maximum Gasteiger partial charge on any atom is 0.00964 e. The van der Waals surface area contributed by atoms with Crippen molar-refractivity contribution in [3.63, 3.8) is 0 Å². The zero-order valence-electron chi connectivity index (χ0n) is 8.97. The van der Waals surface area contributed by atoms with Gasteiger partial charge < -0.3 is 4.90 Å². The molecule has 1 aliphatic carbocycles. The maximum absolute atomic E-state index is 2.72. The minimum atomic E-state index is 1.01. The van der Waals surface area contributed by atoms with Gasteiger partial charge in [0.15, 0.2) is 0 Å². The zero-order valence-corrected chi connectivity index (χ0v) is 8.97. The Hall–Kier alpha value is -0.0400. The topological polar surface area (TPSA) is 3.24 Å². The van der Waals surface area contributed by atoms with Crippen molar-refractivity contribution in [1.29, 1.82) is 0 Å². The fourth-order valence-corrected chi connectivity index (χ4v) is 2.54. The van der Waals surface area contributed by atoms with Crippen molar-refractivity contribution in [2.24, 2.45) is 5.92 Å². The van der Waals surface area contributed by atoms with Gasteiger partial charge in [-0.05, 0) is 44.7 Å². The van der Waals surface area contributed by atoms with Crippen molar-refractivity contribution in [3.05, 3.63) is 0 Å². The van der Waals surface area contributed by atoms with Crippen LogP contribution in [-0.2, 0) is 0 Å². The molecule has 2 fully saturated rings. The fourth-order valence-electron chi connectivity index (χ4n) is 2.54. The summed E-state index contributed by atoms with van der Waals surface area (Å²) in [5, 5.41) is 0. The number of rotatable bonds is 4. The second-order valence-corrected chi connectivity index (χ2v) is 4.85. The van der Waals surface area contributed by atoms with Gasteiger partial charge in [0.1, 0.15) is 0 Å². The Bertz CT molecular complexity index is 143. The lowest BCUT2D eigenvalue weighted by Crippen LogP contribution is -2.35. The van der Waals surface area contributed by atoms with Gasteiger partial charge in [-0.15, -0.1) is 0 Å². The Balaban J connectivity index is 1.63. The van der Waals surface area contributed by atoms with Gasteiger partial charge in [0.25, 0.3) is 0 Å². The monoisotopic (exact) mass is 181 g/mol. The normalized spacial score (nSPS) is 26.5. The minimum Gasteiger partial charge on any atom is -0.300 e. The van der Waals surface area contributed by atoms with Crippen LogP contribution in [0.4, 0.5) is 0 Å². The molecule has 2 aliphatic rings. The Morgan fingerprint density at radius 3 is 2.31 bits per heavy atom. The van der Waals surface area contributed by atoms with Crippen molar-refractivity contribution in [1.82, 2.24) is 4.90 Å². The maximum atomic E-state index is 2.72. The molecular weight excluding hydrogens is 158 g/mol. The van der Waals surface area contributed by atoms with Gasteiger partial charge >= 0.3 is 0 Å². The number of likely N-dealkylation sites (tertiary alicyclic amines) is 1. The zero-order chi connectivity index (χ0) is 9.10. The molecule has 1 saturated carbocycles. The lowest BCUT2D eigenvalue weighted by molar-refractivity contribution is 0.170. The minimum absolute atomic E-state index is 1.01. The largest absolute Gasteiger partial charge is 0.300 e. The quantitative estimate of drug-likeness (QED) is 0.644. The number of piperidine rings is 1. The van der Waals surface area contributed by atoms with Gasteiger partial charge in [0.2, 0.25) is 0 Å². The number of hydrogen-bond acceptors (Lipinski definition) is 1. The summed E-state index contributed by atoms with van der Waals surface area (Å²) in [6, 6.07) is 1.01. The molecule has 76 valence electrons. The van der Waals surface area contributed by atoms with E-state index >= 15 is 0 Å². The molecule has 0 spiro atoms. The van der Waals surface area contributed by atoms with Crippen LogP contribution in [0.15, 0.2) is 0 Å². The highest BCUT2D eigenvalue weighted by Gasteiger charge is 2.31. The Morgan fingerprint density at radius 2 is 1.77 bits per heavy atom. The molecule has 1 saturated heterocycles. The van der Waals surface area contributed by atoms with E-state index in [0.29, 0.717) is 0 Å². The second kappa shape index (κ2) is 4.45. The van der Waals surface area contributed by atoms with Crippen LogP contribution >= 0.6 is 0 Å². The molecule has 0 aromatic carbocycles.